The number of rotatable bonds is 1. The number of carboxylic acid groups (broad SMARTS) is 1. The van der Waals surface area contributed by atoms with E-state index in [9.17, 15) is 4.79 Å². The van der Waals surface area contributed by atoms with Gasteiger partial charge in [0.05, 0.1) is 9.09 Å². The first-order chi connectivity index (χ1) is 7.00. The zero-order valence-electron chi connectivity index (χ0n) is 7.01. The molecule has 0 aliphatic rings. The number of aromatic amines is 1. The van der Waals surface area contributed by atoms with Gasteiger partial charge in [-0.1, -0.05) is 23.2 Å². The van der Waals surface area contributed by atoms with Gasteiger partial charge in [-0.3, -0.25) is 0 Å². The number of carboxylic acids is 1. The smallest absolute Gasteiger partial charge is 0.353 e. The Balaban J connectivity index is 2.88. The third kappa shape index (κ3) is 1.79. The van der Waals surface area contributed by atoms with Gasteiger partial charge in [-0.05, 0) is 28.7 Å². The number of halogens is 3. The standard InChI is InChI=1S/C8H3Cl2IN2O2/c9-3-1-2-4(11)6(8(14)15)13-5(2)7(10)12-3/h1,13H,(H,14,15). The molecular formula is C8H3Cl2IN2O2. The number of nitrogens with one attached hydrogen (secondary N) is 1. The van der Waals surface area contributed by atoms with Crippen molar-refractivity contribution in [1.29, 1.82) is 0 Å². The molecule has 0 unspecified atom stereocenters. The van der Waals surface area contributed by atoms with Crippen molar-refractivity contribution in [2.45, 2.75) is 0 Å². The van der Waals surface area contributed by atoms with E-state index in [-0.39, 0.29) is 16.0 Å². The first-order valence-electron chi connectivity index (χ1n) is 3.77. The summed E-state index contributed by atoms with van der Waals surface area (Å²) in [5, 5.41) is 9.97. The summed E-state index contributed by atoms with van der Waals surface area (Å²) in [6.07, 6.45) is 0. The summed E-state index contributed by atoms with van der Waals surface area (Å²) >= 11 is 13.5. The molecule has 0 radical (unpaired) electrons. The van der Waals surface area contributed by atoms with Crippen LogP contribution in [0.4, 0.5) is 0 Å². The predicted octanol–water partition coefficient (Wildman–Crippen LogP) is 3.17. The second-order valence-corrected chi connectivity index (χ2v) is 4.60. The monoisotopic (exact) mass is 356 g/mol. The first kappa shape index (κ1) is 11.0. The van der Waals surface area contributed by atoms with Gasteiger partial charge in [0.25, 0.3) is 0 Å². The minimum atomic E-state index is -1.04. The lowest BCUT2D eigenvalue weighted by atomic mass is 10.3. The summed E-state index contributed by atoms with van der Waals surface area (Å²) in [4.78, 5) is 17.4. The Bertz CT molecular complexity index is 567. The zero-order valence-corrected chi connectivity index (χ0v) is 10.7. The van der Waals surface area contributed by atoms with Crippen molar-refractivity contribution in [1.82, 2.24) is 9.97 Å². The Morgan fingerprint density at radius 1 is 1.53 bits per heavy atom. The maximum Gasteiger partial charge on any atom is 0.353 e. The molecule has 0 aliphatic heterocycles. The van der Waals surface area contributed by atoms with Crippen molar-refractivity contribution < 1.29 is 9.90 Å². The fourth-order valence-electron chi connectivity index (χ4n) is 1.24. The lowest BCUT2D eigenvalue weighted by molar-refractivity contribution is 0.0690. The Labute approximate surface area is 108 Å². The summed E-state index contributed by atoms with van der Waals surface area (Å²) in [7, 11) is 0. The molecule has 7 heteroatoms. The molecule has 15 heavy (non-hydrogen) atoms. The van der Waals surface area contributed by atoms with Gasteiger partial charge in [-0.25, -0.2) is 9.78 Å². The van der Waals surface area contributed by atoms with Gasteiger partial charge < -0.3 is 10.1 Å². The Hall–Kier alpha value is -0.530. The molecule has 2 N–H and O–H groups in total. The average molecular weight is 357 g/mol. The molecule has 0 saturated heterocycles. The van der Waals surface area contributed by atoms with Crippen molar-refractivity contribution in [2.75, 3.05) is 0 Å². The van der Waals surface area contributed by atoms with Crippen molar-refractivity contribution >= 4 is 62.7 Å². The molecule has 0 atom stereocenters. The highest BCUT2D eigenvalue weighted by molar-refractivity contribution is 14.1. The second-order valence-electron chi connectivity index (χ2n) is 2.78. The second kappa shape index (κ2) is 3.80. The molecule has 0 spiro atoms. The van der Waals surface area contributed by atoms with Crippen molar-refractivity contribution in [3.8, 4) is 0 Å². The molecular weight excluding hydrogens is 354 g/mol. The van der Waals surface area contributed by atoms with Crippen LogP contribution >= 0.6 is 45.8 Å². The van der Waals surface area contributed by atoms with Gasteiger partial charge in [0, 0.05) is 5.39 Å². The van der Waals surface area contributed by atoms with Gasteiger partial charge in [0.2, 0.25) is 0 Å². The van der Waals surface area contributed by atoms with Crippen LogP contribution in [0.5, 0.6) is 0 Å². The van der Waals surface area contributed by atoms with Gasteiger partial charge in [-0.2, -0.15) is 0 Å². The third-order valence-electron chi connectivity index (χ3n) is 1.86. The number of carbonyl (C=O) groups is 1. The summed E-state index contributed by atoms with van der Waals surface area (Å²) in [6.45, 7) is 0. The van der Waals surface area contributed by atoms with Gasteiger partial charge in [0.1, 0.15) is 10.8 Å². The molecule has 0 fully saturated rings. The third-order valence-corrected chi connectivity index (χ3v) is 3.45. The molecule has 2 aromatic heterocycles. The highest BCUT2D eigenvalue weighted by Crippen LogP contribution is 2.30. The van der Waals surface area contributed by atoms with Crippen LogP contribution in [0.15, 0.2) is 6.07 Å². The molecule has 0 aromatic carbocycles. The fourth-order valence-corrected chi connectivity index (χ4v) is 2.51. The van der Waals surface area contributed by atoms with E-state index >= 15 is 0 Å². The number of aromatic nitrogens is 2. The van der Waals surface area contributed by atoms with Gasteiger partial charge >= 0.3 is 5.97 Å². The highest BCUT2D eigenvalue weighted by atomic mass is 127. The zero-order chi connectivity index (χ0) is 11.2. The van der Waals surface area contributed by atoms with Crippen LogP contribution in [0.1, 0.15) is 10.5 Å². The van der Waals surface area contributed by atoms with E-state index in [4.69, 9.17) is 28.3 Å². The summed E-state index contributed by atoms with van der Waals surface area (Å²) in [6, 6.07) is 1.58. The van der Waals surface area contributed by atoms with E-state index in [1.54, 1.807) is 6.07 Å². The maximum absolute atomic E-state index is 10.9. The molecule has 2 aromatic rings. The number of hydrogen-bond donors (Lipinski definition) is 2. The quantitative estimate of drug-likeness (QED) is 0.609. The number of pyridine rings is 1. The normalized spacial score (nSPS) is 10.9. The lowest BCUT2D eigenvalue weighted by Gasteiger charge is -1.94. The number of hydrogen-bond acceptors (Lipinski definition) is 2. The SMILES string of the molecule is O=C(O)c1[nH]c2c(Cl)nc(Cl)cc2c1I. The molecule has 0 saturated carbocycles. The van der Waals surface area contributed by atoms with Crippen LogP contribution in [-0.4, -0.2) is 21.0 Å². The van der Waals surface area contributed by atoms with E-state index in [2.05, 4.69) is 9.97 Å². The Kier molecular flexibility index (Phi) is 2.78. The van der Waals surface area contributed by atoms with Crippen LogP contribution in [0.3, 0.4) is 0 Å². The summed E-state index contributed by atoms with van der Waals surface area (Å²) in [5.41, 5.74) is 0.583. The Morgan fingerprint density at radius 2 is 2.20 bits per heavy atom. The van der Waals surface area contributed by atoms with Gasteiger partial charge in [0.15, 0.2) is 5.15 Å². The fraction of sp³-hybridized carbons (Fsp3) is 0. The van der Waals surface area contributed by atoms with Crippen molar-refractivity contribution in [3.05, 3.63) is 25.6 Å². The summed E-state index contributed by atoms with van der Waals surface area (Å²) < 4.78 is 0.571. The van der Waals surface area contributed by atoms with Crippen molar-refractivity contribution in [3.63, 3.8) is 0 Å². The number of nitrogens with zero attached hydrogens (tertiary/aromatic N) is 1. The number of H-pyrrole nitrogens is 1. The first-order valence-corrected chi connectivity index (χ1v) is 5.60. The van der Waals surface area contributed by atoms with E-state index in [0.29, 0.717) is 14.5 Å². The van der Waals surface area contributed by atoms with Crippen LogP contribution < -0.4 is 0 Å². The molecule has 0 amide bonds. The van der Waals surface area contributed by atoms with Crippen molar-refractivity contribution in [2.24, 2.45) is 0 Å². The summed E-state index contributed by atoms with van der Waals surface area (Å²) in [5.74, 6) is -1.04. The van der Waals surface area contributed by atoms with Crippen LogP contribution in [0.25, 0.3) is 10.9 Å². The van der Waals surface area contributed by atoms with Gasteiger partial charge in [-0.15, -0.1) is 0 Å². The maximum atomic E-state index is 10.9. The molecule has 2 rings (SSSR count). The molecule has 0 bridgehead atoms. The van der Waals surface area contributed by atoms with E-state index < -0.39 is 5.97 Å². The van der Waals surface area contributed by atoms with E-state index in [1.807, 2.05) is 22.6 Å². The number of fused-ring (bicyclic) bond motifs is 1. The minimum Gasteiger partial charge on any atom is -0.477 e. The topological polar surface area (TPSA) is 66.0 Å². The minimum absolute atomic E-state index is 0.0940. The predicted molar refractivity (Wildman–Crippen MR) is 65.8 cm³/mol. The molecule has 4 nitrogen and oxygen atoms in total. The number of aromatic carboxylic acids is 1. The van der Waals surface area contributed by atoms with Crippen LogP contribution in [0.2, 0.25) is 10.3 Å². The lowest BCUT2D eigenvalue weighted by Crippen LogP contribution is -1.98. The van der Waals surface area contributed by atoms with E-state index in [1.165, 1.54) is 0 Å². The molecule has 78 valence electrons. The van der Waals surface area contributed by atoms with Crippen LogP contribution in [-0.2, 0) is 0 Å². The average Bonchev–Trinajstić information content (AvgIpc) is 2.44. The largest absolute Gasteiger partial charge is 0.477 e. The highest BCUT2D eigenvalue weighted by Gasteiger charge is 2.17. The van der Waals surface area contributed by atoms with E-state index in [0.717, 1.165) is 0 Å². The van der Waals surface area contributed by atoms with Crippen LogP contribution in [0, 0.1) is 3.57 Å². The Morgan fingerprint density at radius 3 is 2.80 bits per heavy atom. The molecule has 2 heterocycles. The molecule has 0 aliphatic carbocycles.